The molecule has 1 aromatic heterocycles. The zero-order chi connectivity index (χ0) is 23.6. The van der Waals surface area contributed by atoms with Crippen LogP contribution >= 0.6 is 0 Å². The number of sulfone groups is 1. The van der Waals surface area contributed by atoms with Crippen molar-refractivity contribution in [1.82, 2.24) is 9.47 Å². The molecule has 0 spiro atoms. The molecule has 0 amide bonds. The topological polar surface area (TPSA) is 72.8 Å². The van der Waals surface area contributed by atoms with Crippen molar-refractivity contribution in [3.8, 4) is 11.5 Å². The summed E-state index contributed by atoms with van der Waals surface area (Å²) in [4.78, 5) is 2.44. The average molecular weight is 472 g/mol. The molecule has 0 aliphatic carbocycles. The van der Waals surface area contributed by atoms with Gasteiger partial charge in [0.1, 0.15) is 9.84 Å². The van der Waals surface area contributed by atoms with Gasteiger partial charge in [-0.05, 0) is 49.2 Å². The van der Waals surface area contributed by atoms with Gasteiger partial charge >= 0.3 is 0 Å². The molecule has 0 unspecified atom stereocenters. The Hall–Kier alpha value is -2.71. The summed E-state index contributed by atoms with van der Waals surface area (Å²) in [5.74, 6) is 1.67. The van der Waals surface area contributed by atoms with E-state index in [1.807, 2.05) is 18.2 Å². The van der Waals surface area contributed by atoms with Crippen molar-refractivity contribution in [1.29, 1.82) is 0 Å². The van der Waals surface area contributed by atoms with E-state index in [0.29, 0.717) is 11.5 Å². The van der Waals surface area contributed by atoms with E-state index in [2.05, 4.69) is 40.0 Å². The molecule has 0 atom stereocenters. The maximum atomic E-state index is 11.4. The third-order valence-corrected chi connectivity index (χ3v) is 7.43. The highest BCUT2D eigenvalue weighted by Gasteiger charge is 2.22. The second kappa shape index (κ2) is 9.65. The van der Waals surface area contributed by atoms with Crippen LogP contribution in [0.4, 0.5) is 11.4 Å². The van der Waals surface area contributed by atoms with Gasteiger partial charge in [0.25, 0.3) is 0 Å². The zero-order valence-electron chi connectivity index (χ0n) is 19.8. The Kier molecular flexibility index (Phi) is 6.86. The van der Waals surface area contributed by atoms with Crippen LogP contribution in [0.3, 0.4) is 0 Å². The van der Waals surface area contributed by atoms with Crippen LogP contribution in [0.15, 0.2) is 36.4 Å². The van der Waals surface area contributed by atoms with Gasteiger partial charge in [0.05, 0.1) is 19.7 Å². The minimum Gasteiger partial charge on any atom is -0.493 e. The van der Waals surface area contributed by atoms with Crippen LogP contribution in [0.1, 0.15) is 24.1 Å². The first-order valence-electron chi connectivity index (χ1n) is 11.3. The van der Waals surface area contributed by atoms with Gasteiger partial charge in [0.2, 0.25) is 0 Å². The number of ether oxygens (including phenoxy) is 2. The van der Waals surface area contributed by atoms with Gasteiger partial charge in [0, 0.05) is 67.1 Å². The second-order valence-corrected chi connectivity index (χ2v) is 11.0. The van der Waals surface area contributed by atoms with Gasteiger partial charge in [-0.3, -0.25) is 4.90 Å². The van der Waals surface area contributed by atoms with E-state index in [-0.39, 0.29) is 5.75 Å². The fourth-order valence-corrected chi connectivity index (χ4v) is 5.41. The summed E-state index contributed by atoms with van der Waals surface area (Å²) in [6.07, 6.45) is 3.95. The van der Waals surface area contributed by atoms with E-state index < -0.39 is 9.84 Å². The first kappa shape index (κ1) is 23.4. The maximum Gasteiger partial charge on any atom is 0.162 e. The number of hydrogen-bond donors (Lipinski definition) is 1. The molecule has 1 aliphatic heterocycles. The summed E-state index contributed by atoms with van der Waals surface area (Å²) in [6, 6.07) is 12.3. The van der Waals surface area contributed by atoms with E-state index in [1.54, 1.807) is 14.2 Å². The summed E-state index contributed by atoms with van der Waals surface area (Å²) in [5, 5.41) is 4.76. The first-order chi connectivity index (χ1) is 15.8. The van der Waals surface area contributed by atoms with Crippen molar-refractivity contribution in [2.24, 2.45) is 7.05 Å². The number of hydrogen-bond acceptors (Lipinski definition) is 6. The number of nitrogens with zero attached hydrogens (tertiary/aromatic N) is 2. The minimum absolute atomic E-state index is 0.274. The van der Waals surface area contributed by atoms with Crippen molar-refractivity contribution in [3.05, 3.63) is 47.7 Å². The van der Waals surface area contributed by atoms with Crippen molar-refractivity contribution in [2.75, 3.05) is 44.6 Å². The number of aryl methyl sites for hydroxylation is 1. The molecule has 33 heavy (non-hydrogen) atoms. The number of rotatable bonds is 9. The maximum absolute atomic E-state index is 11.4. The lowest BCUT2D eigenvalue weighted by molar-refractivity contribution is 0.249. The molecular formula is C25H33N3O4S. The van der Waals surface area contributed by atoms with E-state index in [4.69, 9.17) is 9.47 Å². The smallest absolute Gasteiger partial charge is 0.162 e. The van der Waals surface area contributed by atoms with Crippen LogP contribution in [-0.4, -0.2) is 57.2 Å². The summed E-state index contributed by atoms with van der Waals surface area (Å²) < 4.78 is 35.8. The molecule has 0 saturated heterocycles. The Morgan fingerprint density at radius 3 is 2.45 bits per heavy atom. The van der Waals surface area contributed by atoms with Gasteiger partial charge in [-0.15, -0.1) is 0 Å². The molecule has 2 heterocycles. The molecule has 178 valence electrons. The van der Waals surface area contributed by atoms with E-state index in [1.165, 1.54) is 28.4 Å². The zero-order valence-corrected chi connectivity index (χ0v) is 20.7. The van der Waals surface area contributed by atoms with E-state index in [0.717, 1.165) is 50.3 Å². The largest absolute Gasteiger partial charge is 0.493 e. The fraction of sp³-hybridized carbons (Fsp3) is 0.440. The quantitative estimate of drug-likeness (QED) is 0.473. The predicted octanol–water partition coefficient (Wildman–Crippen LogP) is 4.12. The fourth-order valence-electron chi connectivity index (χ4n) is 4.68. The van der Waals surface area contributed by atoms with E-state index >= 15 is 0 Å². The molecule has 0 radical (unpaired) electrons. The Labute approximate surface area is 196 Å². The highest BCUT2D eigenvalue weighted by atomic mass is 32.2. The molecule has 2 aromatic carbocycles. The van der Waals surface area contributed by atoms with Crippen molar-refractivity contribution >= 4 is 32.1 Å². The number of methoxy groups -OCH3 is 2. The van der Waals surface area contributed by atoms with Gasteiger partial charge in [-0.2, -0.15) is 0 Å². The molecule has 0 fully saturated rings. The normalized spacial score (nSPS) is 14.3. The molecule has 1 aliphatic rings. The molecule has 0 bridgehead atoms. The van der Waals surface area contributed by atoms with Crippen molar-refractivity contribution in [2.45, 2.75) is 25.8 Å². The van der Waals surface area contributed by atoms with Crippen LogP contribution in [0.25, 0.3) is 10.9 Å². The SMILES string of the molecule is COc1ccc(Nc2ccc3c4c(n(C)c3c2)CCN(CCCCS(C)(=O)=O)C4)cc1OC. The molecule has 0 saturated carbocycles. The first-order valence-corrected chi connectivity index (χ1v) is 13.3. The number of aromatic nitrogens is 1. The van der Waals surface area contributed by atoms with Gasteiger partial charge in [0.15, 0.2) is 11.5 Å². The van der Waals surface area contributed by atoms with E-state index in [9.17, 15) is 8.42 Å². The van der Waals surface area contributed by atoms with Gasteiger partial charge in [-0.25, -0.2) is 8.42 Å². The predicted molar refractivity (Wildman–Crippen MR) is 134 cm³/mol. The summed E-state index contributed by atoms with van der Waals surface area (Å²) in [6.45, 7) is 2.85. The van der Waals surface area contributed by atoms with Crippen LogP contribution in [0.5, 0.6) is 11.5 Å². The Morgan fingerprint density at radius 2 is 1.73 bits per heavy atom. The molecular weight excluding hydrogens is 438 g/mol. The molecule has 8 heteroatoms. The number of fused-ring (bicyclic) bond motifs is 3. The summed E-state index contributed by atoms with van der Waals surface area (Å²) in [7, 11) is 2.53. The van der Waals surface area contributed by atoms with Crippen LogP contribution < -0.4 is 14.8 Å². The molecule has 7 nitrogen and oxygen atoms in total. The second-order valence-electron chi connectivity index (χ2n) is 8.77. The highest BCUT2D eigenvalue weighted by Crippen LogP contribution is 2.34. The lowest BCUT2D eigenvalue weighted by Crippen LogP contribution is -2.31. The summed E-state index contributed by atoms with van der Waals surface area (Å²) >= 11 is 0. The Morgan fingerprint density at radius 1 is 1.00 bits per heavy atom. The number of nitrogens with one attached hydrogen (secondary N) is 1. The third-order valence-electron chi connectivity index (χ3n) is 6.40. The van der Waals surface area contributed by atoms with Gasteiger partial charge < -0.3 is 19.4 Å². The number of benzene rings is 2. The standard InChI is InChI=1S/C25H33N3O4S/c1-27-22-11-13-28(12-5-6-14-33(4,29)30)17-21(22)20-9-7-18(15-23(20)27)26-19-8-10-24(31-2)25(16-19)32-3/h7-10,15-16,26H,5-6,11-14,17H2,1-4H3. The van der Waals surface area contributed by atoms with Crippen molar-refractivity contribution in [3.63, 3.8) is 0 Å². The highest BCUT2D eigenvalue weighted by molar-refractivity contribution is 7.90. The molecule has 4 rings (SSSR count). The monoisotopic (exact) mass is 471 g/mol. The number of anilines is 2. The molecule has 1 N–H and O–H groups in total. The van der Waals surface area contributed by atoms with Crippen molar-refractivity contribution < 1.29 is 17.9 Å². The lowest BCUT2D eigenvalue weighted by atomic mass is 10.0. The molecule has 3 aromatic rings. The lowest BCUT2D eigenvalue weighted by Gasteiger charge is -2.27. The van der Waals surface area contributed by atoms with Crippen LogP contribution in [0, 0.1) is 0 Å². The average Bonchev–Trinajstić information content (AvgIpc) is 3.07. The van der Waals surface area contributed by atoms with Crippen LogP contribution in [-0.2, 0) is 29.9 Å². The van der Waals surface area contributed by atoms with Gasteiger partial charge in [-0.1, -0.05) is 6.07 Å². The summed E-state index contributed by atoms with van der Waals surface area (Å²) in [5.41, 5.74) is 5.95. The Balaban J connectivity index is 1.50. The minimum atomic E-state index is -2.88. The number of unbranched alkanes of at least 4 members (excludes halogenated alkanes) is 1. The third kappa shape index (κ3) is 5.28. The Bertz CT molecular complexity index is 1250. The van der Waals surface area contributed by atoms with Crippen LogP contribution in [0.2, 0.25) is 0 Å².